The number of rotatable bonds is 1. The van der Waals surface area contributed by atoms with Gasteiger partial charge in [-0.2, -0.15) is 0 Å². The first-order chi connectivity index (χ1) is 6.66. The third-order valence-electron chi connectivity index (χ3n) is 2.60. The van der Waals surface area contributed by atoms with Crippen LogP contribution in [0.3, 0.4) is 0 Å². The summed E-state index contributed by atoms with van der Waals surface area (Å²) in [5.41, 5.74) is -0.633. The molecule has 0 bridgehead atoms. The molecule has 2 atom stereocenters. The Balaban J connectivity index is 2.10. The van der Waals surface area contributed by atoms with Gasteiger partial charge < -0.3 is 5.11 Å². The van der Waals surface area contributed by atoms with Crippen molar-refractivity contribution in [1.29, 1.82) is 0 Å². The van der Waals surface area contributed by atoms with E-state index in [-0.39, 0.29) is 23.8 Å². The van der Waals surface area contributed by atoms with E-state index in [2.05, 4.69) is 10.6 Å². The largest absolute Gasteiger partial charge is 0.394 e. The highest BCUT2D eigenvalue weighted by Gasteiger charge is 2.47. The van der Waals surface area contributed by atoms with Crippen LogP contribution in [-0.2, 0) is 9.59 Å². The summed E-state index contributed by atoms with van der Waals surface area (Å²) in [4.78, 5) is 22.5. The Labute approximate surface area is 85.6 Å². The Morgan fingerprint density at radius 1 is 1.57 bits per heavy atom. The fraction of sp³-hybridized carbons (Fsp3) is 0.750. The first-order valence-corrected chi connectivity index (χ1v) is 5.56. The standard InChI is InChI=1S/C8H12N2O3S/c11-3-6-10-8(4-14-6)2-1-5(12)9-7(8)13/h6,10-11H,1-4H2,(H,9,12,13)/t6?,8-/m0/s1. The maximum absolute atomic E-state index is 11.6. The van der Waals surface area contributed by atoms with E-state index in [1.807, 2.05) is 0 Å². The van der Waals surface area contributed by atoms with Crippen molar-refractivity contribution < 1.29 is 14.7 Å². The van der Waals surface area contributed by atoms with Gasteiger partial charge in [0.05, 0.1) is 12.0 Å². The smallest absolute Gasteiger partial charge is 0.247 e. The van der Waals surface area contributed by atoms with Gasteiger partial charge in [0.2, 0.25) is 11.8 Å². The first kappa shape index (κ1) is 9.95. The Kier molecular flexibility index (Phi) is 2.50. The van der Waals surface area contributed by atoms with E-state index in [9.17, 15) is 9.59 Å². The van der Waals surface area contributed by atoms with Gasteiger partial charge in [-0.15, -0.1) is 11.8 Å². The van der Waals surface area contributed by atoms with Gasteiger partial charge in [0.1, 0.15) is 5.54 Å². The molecule has 2 aliphatic heterocycles. The molecule has 0 aromatic heterocycles. The Bertz CT molecular complexity index is 284. The van der Waals surface area contributed by atoms with Crippen molar-refractivity contribution in [3.05, 3.63) is 0 Å². The molecule has 2 rings (SSSR count). The summed E-state index contributed by atoms with van der Waals surface area (Å²) in [6.45, 7) is 0.00758. The molecule has 14 heavy (non-hydrogen) atoms. The molecule has 6 heteroatoms. The van der Waals surface area contributed by atoms with E-state index < -0.39 is 5.54 Å². The van der Waals surface area contributed by atoms with Crippen LogP contribution in [-0.4, -0.2) is 40.2 Å². The summed E-state index contributed by atoms with van der Waals surface area (Å²) in [7, 11) is 0. The van der Waals surface area contributed by atoms with Crippen LogP contribution in [0.5, 0.6) is 0 Å². The van der Waals surface area contributed by atoms with Crippen molar-refractivity contribution in [3.63, 3.8) is 0 Å². The van der Waals surface area contributed by atoms with E-state index >= 15 is 0 Å². The van der Waals surface area contributed by atoms with Gasteiger partial charge >= 0.3 is 0 Å². The van der Waals surface area contributed by atoms with Crippen molar-refractivity contribution in [2.24, 2.45) is 0 Å². The first-order valence-electron chi connectivity index (χ1n) is 4.51. The topological polar surface area (TPSA) is 78.4 Å². The van der Waals surface area contributed by atoms with Gasteiger partial charge in [-0.3, -0.25) is 20.2 Å². The third-order valence-corrected chi connectivity index (χ3v) is 3.93. The van der Waals surface area contributed by atoms with Crippen LogP contribution in [0, 0.1) is 0 Å². The zero-order valence-electron chi connectivity index (χ0n) is 7.58. The molecule has 2 heterocycles. The summed E-state index contributed by atoms with van der Waals surface area (Å²) in [6.07, 6.45) is 0.901. The summed E-state index contributed by atoms with van der Waals surface area (Å²) in [6, 6.07) is 0. The fourth-order valence-electron chi connectivity index (χ4n) is 1.76. The minimum Gasteiger partial charge on any atom is -0.394 e. The highest BCUT2D eigenvalue weighted by atomic mass is 32.2. The number of hydrogen-bond donors (Lipinski definition) is 3. The number of hydrogen-bond acceptors (Lipinski definition) is 5. The number of aliphatic hydroxyl groups excluding tert-OH is 1. The predicted octanol–water partition coefficient (Wildman–Crippen LogP) is -1.18. The Morgan fingerprint density at radius 3 is 2.93 bits per heavy atom. The van der Waals surface area contributed by atoms with Gasteiger partial charge in [0, 0.05) is 12.2 Å². The molecule has 2 amide bonds. The molecular formula is C8H12N2O3S. The van der Waals surface area contributed by atoms with Crippen LogP contribution >= 0.6 is 11.8 Å². The number of thioether (sulfide) groups is 1. The molecule has 1 spiro atoms. The molecule has 1 unspecified atom stereocenters. The molecule has 0 radical (unpaired) electrons. The van der Waals surface area contributed by atoms with Crippen LogP contribution in [0.1, 0.15) is 12.8 Å². The number of amides is 2. The van der Waals surface area contributed by atoms with Crippen LogP contribution in [0.15, 0.2) is 0 Å². The van der Waals surface area contributed by atoms with Crippen molar-refractivity contribution in [3.8, 4) is 0 Å². The molecule has 2 fully saturated rings. The van der Waals surface area contributed by atoms with E-state index in [1.54, 1.807) is 0 Å². The predicted molar refractivity (Wildman–Crippen MR) is 51.6 cm³/mol. The molecule has 5 nitrogen and oxygen atoms in total. The quantitative estimate of drug-likeness (QED) is 0.481. The second-order valence-corrected chi connectivity index (χ2v) is 4.78. The third kappa shape index (κ3) is 1.53. The number of carbonyl (C=O) groups excluding carboxylic acids is 2. The SMILES string of the molecule is O=C1CC[C@]2(CSC(CO)N2)C(=O)N1. The minimum atomic E-state index is -0.633. The molecule has 2 aliphatic rings. The summed E-state index contributed by atoms with van der Waals surface area (Å²) < 4.78 is 0. The van der Waals surface area contributed by atoms with E-state index in [1.165, 1.54) is 11.8 Å². The monoisotopic (exact) mass is 216 g/mol. The molecule has 0 aliphatic carbocycles. The Morgan fingerprint density at radius 2 is 2.36 bits per heavy atom. The van der Waals surface area contributed by atoms with Gasteiger partial charge in [-0.05, 0) is 6.42 Å². The average Bonchev–Trinajstić information content (AvgIpc) is 2.58. The van der Waals surface area contributed by atoms with E-state index in [0.29, 0.717) is 18.6 Å². The van der Waals surface area contributed by atoms with Gasteiger partial charge in [0.15, 0.2) is 0 Å². The highest BCUT2D eigenvalue weighted by Crippen LogP contribution is 2.32. The zero-order chi connectivity index (χ0) is 10.2. The number of aliphatic hydroxyl groups is 1. The zero-order valence-corrected chi connectivity index (χ0v) is 8.39. The number of imide groups is 1. The lowest BCUT2D eigenvalue weighted by atomic mass is 9.91. The van der Waals surface area contributed by atoms with Gasteiger partial charge in [0.25, 0.3) is 0 Å². The molecule has 3 N–H and O–H groups in total. The Hall–Kier alpha value is -0.590. The molecule has 78 valence electrons. The minimum absolute atomic E-state index is 0.00758. The van der Waals surface area contributed by atoms with Crippen molar-refractivity contribution in [1.82, 2.24) is 10.6 Å². The summed E-state index contributed by atoms with van der Waals surface area (Å²) in [5.74, 6) is 0.161. The summed E-state index contributed by atoms with van der Waals surface area (Å²) in [5, 5.41) is 14.2. The normalized spacial score (nSPS) is 37.6. The second kappa shape index (κ2) is 3.52. The lowest BCUT2D eigenvalue weighted by Crippen LogP contribution is -2.61. The van der Waals surface area contributed by atoms with Crippen molar-refractivity contribution >= 4 is 23.6 Å². The van der Waals surface area contributed by atoms with Gasteiger partial charge in [-0.25, -0.2) is 0 Å². The maximum atomic E-state index is 11.6. The molecule has 0 aromatic carbocycles. The van der Waals surface area contributed by atoms with E-state index in [4.69, 9.17) is 5.11 Å². The van der Waals surface area contributed by atoms with Gasteiger partial charge in [-0.1, -0.05) is 0 Å². The molecule has 0 aromatic rings. The number of piperidine rings is 1. The second-order valence-electron chi connectivity index (χ2n) is 3.59. The van der Waals surface area contributed by atoms with Crippen molar-refractivity contribution in [2.75, 3.05) is 12.4 Å². The molecule has 0 saturated carbocycles. The lowest BCUT2D eigenvalue weighted by molar-refractivity contribution is -0.137. The van der Waals surface area contributed by atoms with Crippen LogP contribution in [0.2, 0.25) is 0 Å². The summed E-state index contributed by atoms with van der Waals surface area (Å²) >= 11 is 1.52. The maximum Gasteiger partial charge on any atom is 0.247 e. The van der Waals surface area contributed by atoms with Crippen molar-refractivity contribution in [2.45, 2.75) is 23.8 Å². The fourth-order valence-corrected chi connectivity index (χ4v) is 3.02. The number of nitrogens with one attached hydrogen (secondary N) is 2. The highest BCUT2D eigenvalue weighted by molar-refractivity contribution is 8.00. The van der Waals surface area contributed by atoms with Crippen LogP contribution < -0.4 is 10.6 Å². The van der Waals surface area contributed by atoms with Crippen LogP contribution in [0.25, 0.3) is 0 Å². The molecule has 2 saturated heterocycles. The molecular weight excluding hydrogens is 204 g/mol. The lowest BCUT2D eigenvalue weighted by Gasteiger charge is -2.31. The van der Waals surface area contributed by atoms with Crippen LogP contribution in [0.4, 0.5) is 0 Å². The van der Waals surface area contributed by atoms with E-state index in [0.717, 1.165) is 0 Å². The average molecular weight is 216 g/mol. The number of carbonyl (C=O) groups is 2.